The average molecular weight is 368 g/mol. The number of likely N-dealkylation sites (N-methyl/N-ethyl adjacent to an activating group) is 1. The number of rotatable bonds is 4. The smallest absolute Gasteiger partial charge is 0.228 e. The molecule has 0 radical (unpaired) electrons. The average Bonchev–Trinajstić information content (AvgIpc) is 3.24. The number of hydrogen-bond donors (Lipinski definition) is 0. The molecule has 2 aromatic heterocycles. The van der Waals surface area contributed by atoms with Crippen molar-refractivity contribution in [2.75, 3.05) is 7.05 Å². The highest BCUT2D eigenvalue weighted by Crippen LogP contribution is 2.28. The molecule has 4 rings (SSSR count). The van der Waals surface area contributed by atoms with Crippen molar-refractivity contribution in [1.82, 2.24) is 14.3 Å². The number of hydrogen-bond acceptors (Lipinski definition) is 3. The zero-order chi connectivity index (χ0) is 18.1. The number of benzene rings is 1. The number of nitrogens with zero attached hydrogens (tertiary/aromatic N) is 3. The number of thiazole rings is 1. The van der Waals surface area contributed by atoms with E-state index in [-0.39, 0.29) is 5.91 Å². The van der Waals surface area contributed by atoms with Gasteiger partial charge in [0.25, 0.3) is 0 Å². The number of amides is 1. The summed E-state index contributed by atoms with van der Waals surface area (Å²) in [4.78, 5) is 20.4. The van der Waals surface area contributed by atoms with E-state index in [2.05, 4.69) is 28.8 Å². The summed E-state index contributed by atoms with van der Waals surface area (Å²) in [5, 5.41) is 2.06. The third-order valence-corrected chi connectivity index (χ3v) is 6.50. The molecule has 0 atom stereocenters. The molecule has 1 aliphatic carbocycles. The number of aromatic nitrogens is 2. The summed E-state index contributed by atoms with van der Waals surface area (Å²) in [5.41, 5.74) is 3.09. The Morgan fingerprint density at radius 3 is 2.69 bits per heavy atom. The Labute approximate surface area is 158 Å². The number of carbonyl (C=O) groups excluding carboxylic acids is 1. The van der Waals surface area contributed by atoms with Crippen molar-refractivity contribution in [3.8, 4) is 11.3 Å². The first-order valence-electron chi connectivity index (χ1n) is 9.38. The van der Waals surface area contributed by atoms with Crippen molar-refractivity contribution < 1.29 is 4.79 Å². The largest absolute Gasteiger partial charge is 0.342 e. The Bertz CT molecular complexity index is 891. The van der Waals surface area contributed by atoms with Crippen LogP contribution in [0.3, 0.4) is 0 Å². The van der Waals surface area contributed by atoms with Gasteiger partial charge in [-0.25, -0.2) is 4.98 Å². The highest BCUT2D eigenvalue weighted by Gasteiger charge is 2.25. The van der Waals surface area contributed by atoms with Gasteiger partial charge in [-0.05, 0) is 31.6 Å². The zero-order valence-corrected chi connectivity index (χ0v) is 16.2. The summed E-state index contributed by atoms with van der Waals surface area (Å²) in [6.45, 7) is 2.31. The van der Waals surface area contributed by atoms with Crippen LogP contribution >= 0.6 is 11.3 Å². The van der Waals surface area contributed by atoms with E-state index in [9.17, 15) is 4.79 Å². The number of carbonyl (C=O) groups is 1. The quantitative estimate of drug-likeness (QED) is 0.673. The Morgan fingerprint density at radius 1 is 1.23 bits per heavy atom. The maximum Gasteiger partial charge on any atom is 0.228 e. The van der Waals surface area contributed by atoms with Gasteiger partial charge in [-0.1, -0.05) is 37.3 Å². The molecule has 0 unspecified atom stereocenters. The van der Waals surface area contributed by atoms with Gasteiger partial charge in [0.1, 0.15) is 0 Å². The third kappa shape index (κ3) is 3.40. The van der Waals surface area contributed by atoms with Crippen molar-refractivity contribution in [2.45, 2.75) is 45.1 Å². The molecule has 3 aromatic rings. The maximum atomic E-state index is 12.8. The fraction of sp³-hybridized carbons (Fsp3) is 0.429. The van der Waals surface area contributed by atoms with Crippen LogP contribution in [0.4, 0.5) is 0 Å². The van der Waals surface area contributed by atoms with E-state index in [1.165, 1.54) is 12.8 Å². The van der Waals surface area contributed by atoms with Crippen molar-refractivity contribution in [3.63, 3.8) is 0 Å². The number of imidazole rings is 1. The maximum absolute atomic E-state index is 12.8. The van der Waals surface area contributed by atoms with E-state index in [4.69, 9.17) is 4.98 Å². The van der Waals surface area contributed by atoms with E-state index >= 15 is 0 Å². The molecule has 1 saturated carbocycles. The lowest BCUT2D eigenvalue weighted by Crippen LogP contribution is -2.40. The summed E-state index contributed by atoms with van der Waals surface area (Å²) in [5.74, 6) is 1.01. The van der Waals surface area contributed by atoms with Gasteiger partial charge in [-0.15, -0.1) is 11.3 Å². The van der Waals surface area contributed by atoms with Crippen LogP contribution in [0.1, 0.15) is 38.3 Å². The minimum absolute atomic E-state index is 0.208. The van der Waals surface area contributed by atoms with Gasteiger partial charge in [0, 0.05) is 35.9 Å². The van der Waals surface area contributed by atoms with Crippen LogP contribution in [-0.2, 0) is 11.2 Å². The van der Waals surface area contributed by atoms with E-state index in [0.29, 0.717) is 12.5 Å². The molecular formula is C21H25N3OS. The lowest BCUT2D eigenvalue weighted by molar-refractivity contribution is -0.132. The third-order valence-electron chi connectivity index (χ3n) is 5.61. The van der Waals surface area contributed by atoms with Gasteiger partial charge in [0.05, 0.1) is 12.1 Å². The minimum atomic E-state index is 0.208. The van der Waals surface area contributed by atoms with Crippen molar-refractivity contribution in [1.29, 1.82) is 0 Å². The predicted octanol–water partition coefficient (Wildman–Crippen LogP) is 4.64. The number of fused-ring (bicyclic) bond motifs is 1. The molecule has 1 aliphatic rings. The molecule has 0 aliphatic heterocycles. The molecule has 4 nitrogen and oxygen atoms in total. The predicted molar refractivity (Wildman–Crippen MR) is 106 cm³/mol. The van der Waals surface area contributed by atoms with Gasteiger partial charge >= 0.3 is 0 Å². The van der Waals surface area contributed by atoms with E-state index < -0.39 is 0 Å². The Balaban J connectivity index is 1.50. The van der Waals surface area contributed by atoms with Crippen LogP contribution in [0, 0.1) is 5.92 Å². The van der Waals surface area contributed by atoms with Crippen molar-refractivity contribution in [3.05, 3.63) is 47.6 Å². The minimum Gasteiger partial charge on any atom is -0.342 e. The SMILES string of the molecule is CC1CCC(N(C)C(=O)Cc2csc3nc(-c4ccccc4)cn23)CC1. The van der Waals surface area contributed by atoms with Gasteiger partial charge in [0.15, 0.2) is 4.96 Å². The summed E-state index contributed by atoms with van der Waals surface area (Å²) < 4.78 is 2.07. The van der Waals surface area contributed by atoms with Crippen LogP contribution < -0.4 is 0 Å². The Kier molecular flexibility index (Phi) is 4.81. The Hall–Kier alpha value is -2.14. The molecule has 1 aromatic carbocycles. The van der Waals surface area contributed by atoms with E-state index in [1.807, 2.05) is 36.3 Å². The molecule has 0 saturated heterocycles. The molecule has 1 amide bonds. The second-order valence-corrected chi connectivity index (χ2v) is 8.30. The topological polar surface area (TPSA) is 37.6 Å². The molecule has 136 valence electrons. The normalized spacial score (nSPS) is 20.4. The highest BCUT2D eigenvalue weighted by atomic mass is 32.1. The summed E-state index contributed by atoms with van der Waals surface area (Å²) in [7, 11) is 1.97. The second-order valence-electron chi connectivity index (χ2n) is 7.47. The van der Waals surface area contributed by atoms with Crippen molar-refractivity contribution in [2.24, 2.45) is 5.92 Å². The Morgan fingerprint density at radius 2 is 1.96 bits per heavy atom. The van der Waals surface area contributed by atoms with E-state index in [0.717, 1.165) is 40.7 Å². The molecule has 0 bridgehead atoms. The van der Waals surface area contributed by atoms with Crippen LogP contribution in [0.5, 0.6) is 0 Å². The van der Waals surface area contributed by atoms with Crippen LogP contribution in [0.25, 0.3) is 16.2 Å². The fourth-order valence-corrected chi connectivity index (χ4v) is 4.69. The summed E-state index contributed by atoms with van der Waals surface area (Å²) in [6, 6.07) is 10.6. The summed E-state index contributed by atoms with van der Waals surface area (Å²) >= 11 is 1.60. The van der Waals surface area contributed by atoms with Crippen LogP contribution in [0.2, 0.25) is 0 Å². The van der Waals surface area contributed by atoms with E-state index in [1.54, 1.807) is 11.3 Å². The molecule has 26 heavy (non-hydrogen) atoms. The lowest BCUT2D eigenvalue weighted by atomic mass is 9.86. The zero-order valence-electron chi connectivity index (χ0n) is 15.4. The first kappa shape index (κ1) is 17.3. The molecule has 2 heterocycles. The summed E-state index contributed by atoms with van der Waals surface area (Å²) in [6.07, 6.45) is 7.20. The molecule has 1 fully saturated rings. The van der Waals surface area contributed by atoms with Gasteiger partial charge < -0.3 is 4.90 Å². The van der Waals surface area contributed by atoms with Gasteiger partial charge in [0.2, 0.25) is 5.91 Å². The van der Waals surface area contributed by atoms with Gasteiger partial charge in [-0.2, -0.15) is 0 Å². The van der Waals surface area contributed by atoms with Crippen molar-refractivity contribution >= 4 is 22.2 Å². The molecule has 0 spiro atoms. The van der Waals surface area contributed by atoms with Crippen LogP contribution in [0.15, 0.2) is 41.9 Å². The first-order chi connectivity index (χ1) is 12.6. The van der Waals surface area contributed by atoms with Gasteiger partial charge in [-0.3, -0.25) is 9.20 Å². The molecular weight excluding hydrogens is 342 g/mol. The highest BCUT2D eigenvalue weighted by molar-refractivity contribution is 7.15. The van der Waals surface area contributed by atoms with Crippen LogP contribution in [-0.4, -0.2) is 33.3 Å². The second kappa shape index (κ2) is 7.23. The molecule has 5 heteroatoms. The standard InChI is InChI=1S/C21H25N3OS/c1-15-8-10-17(11-9-15)23(2)20(25)12-18-14-26-21-22-19(13-24(18)21)16-6-4-3-5-7-16/h3-7,13-15,17H,8-12H2,1-2H3. The monoisotopic (exact) mass is 367 g/mol. The molecule has 0 N–H and O–H groups in total. The fourth-order valence-electron chi connectivity index (χ4n) is 3.82. The first-order valence-corrected chi connectivity index (χ1v) is 10.3. The lowest BCUT2D eigenvalue weighted by Gasteiger charge is -2.33.